The normalized spacial score (nSPS) is 17.7. The summed E-state index contributed by atoms with van der Waals surface area (Å²) in [5.74, 6) is -0.948. The van der Waals surface area contributed by atoms with Crippen molar-refractivity contribution in [1.29, 1.82) is 0 Å². The van der Waals surface area contributed by atoms with Gasteiger partial charge in [0.25, 0.3) is 0 Å². The van der Waals surface area contributed by atoms with Gasteiger partial charge in [0.1, 0.15) is 0 Å². The maximum atomic E-state index is 10.8. The van der Waals surface area contributed by atoms with Gasteiger partial charge in [-0.15, -0.1) is 0 Å². The van der Waals surface area contributed by atoms with Crippen LogP contribution in [-0.4, -0.2) is 54.3 Å². The highest BCUT2D eigenvalue weighted by atomic mass is 28.4. The van der Waals surface area contributed by atoms with E-state index in [0.717, 1.165) is 29.2 Å². The van der Waals surface area contributed by atoms with E-state index >= 15 is 0 Å². The molecule has 0 heterocycles. The summed E-state index contributed by atoms with van der Waals surface area (Å²) < 4.78 is 21.4. The van der Waals surface area contributed by atoms with Crippen LogP contribution in [0.2, 0.25) is 54.4 Å². The van der Waals surface area contributed by atoms with Crippen molar-refractivity contribution >= 4 is 30.9 Å². The predicted octanol–water partition coefficient (Wildman–Crippen LogP) is 11.6. The van der Waals surface area contributed by atoms with Gasteiger partial charge in [-0.3, -0.25) is 0 Å². The summed E-state index contributed by atoms with van der Waals surface area (Å²) >= 11 is 0. The fourth-order valence-electron chi connectivity index (χ4n) is 3.92. The Balaban J connectivity index is 6.79. The average molecular weight is 679 g/mol. The van der Waals surface area contributed by atoms with E-state index in [2.05, 4.69) is 128 Å². The second-order valence-corrected chi connectivity index (χ2v) is 31.7. The Labute approximate surface area is 281 Å². The first-order valence-electron chi connectivity index (χ1n) is 16.6. The van der Waals surface area contributed by atoms with Gasteiger partial charge in [0.05, 0.1) is 12.2 Å². The first-order valence-corrected chi connectivity index (χ1v) is 25.3. The van der Waals surface area contributed by atoms with Crippen LogP contribution < -0.4 is 0 Å². The molecule has 0 aliphatic rings. The topological polar surface area (TPSA) is 65.0 Å². The molecule has 0 aromatic heterocycles. The van der Waals surface area contributed by atoms with Crippen LogP contribution in [0, 0.1) is 0 Å². The SMILES string of the molecule is CC(=CC=CC(C)=C[C@@H](O[Si](C)(C)C(C)(C)C)[C@@H](C[C@@H](C)O[Si](C)(C)C(C)(C)C)O[Si](C)(C)C(C)(C)C)C=C(C)C=CC(=O)O. The molecule has 0 amide bonds. The van der Waals surface area contributed by atoms with Gasteiger partial charge < -0.3 is 18.4 Å². The zero-order chi connectivity index (χ0) is 35.8. The van der Waals surface area contributed by atoms with Gasteiger partial charge in [-0.25, -0.2) is 4.79 Å². The molecule has 0 rings (SSSR count). The summed E-state index contributed by atoms with van der Waals surface area (Å²) in [6.45, 7) is 42.8. The highest BCUT2D eigenvalue weighted by molar-refractivity contribution is 6.75. The minimum Gasteiger partial charge on any atom is -0.478 e. The van der Waals surface area contributed by atoms with Crippen molar-refractivity contribution in [1.82, 2.24) is 0 Å². The van der Waals surface area contributed by atoms with E-state index in [1.165, 1.54) is 0 Å². The summed E-state index contributed by atoms with van der Waals surface area (Å²) in [6.07, 6.45) is 13.6. The van der Waals surface area contributed by atoms with Crippen molar-refractivity contribution in [3.8, 4) is 0 Å². The number of carbonyl (C=O) groups is 1. The van der Waals surface area contributed by atoms with E-state index in [1.807, 2.05) is 32.1 Å². The molecule has 0 aliphatic carbocycles. The number of allylic oxidation sites excluding steroid dienone is 8. The van der Waals surface area contributed by atoms with Crippen LogP contribution in [0.15, 0.2) is 59.3 Å². The lowest BCUT2D eigenvalue weighted by Gasteiger charge is -2.46. The van der Waals surface area contributed by atoms with E-state index in [4.69, 9.17) is 18.4 Å². The van der Waals surface area contributed by atoms with Crippen LogP contribution in [0.1, 0.15) is 96.4 Å². The van der Waals surface area contributed by atoms with Crippen molar-refractivity contribution in [2.45, 2.75) is 169 Å². The van der Waals surface area contributed by atoms with Crippen LogP contribution >= 0.6 is 0 Å². The van der Waals surface area contributed by atoms with E-state index in [9.17, 15) is 4.79 Å². The molecular formula is C37H70O5Si3. The monoisotopic (exact) mass is 678 g/mol. The maximum Gasteiger partial charge on any atom is 0.328 e. The Bertz CT molecular complexity index is 1120. The van der Waals surface area contributed by atoms with Crippen molar-refractivity contribution in [3.63, 3.8) is 0 Å². The number of hydrogen-bond acceptors (Lipinski definition) is 4. The third-order valence-electron chi connectivity index (χ3n) is 9.81. The Kier molecular flexibility index (Phi) is 16.2. The van der Waals surface area contributed by atoms with E-state index < -0.39 is 30.9 Å². The number of carboxylic acids is 1. The molecule has 260 valence electrons. The molecule has 0 spiro atoms. The second-order valence-electron chi connectivity index (χ2n) is 17.4. The Morgan fingerprint density at radius 2 is 1.11 bits per heavy atom. The van der Waals surface area contributed by atoms with Crippen molar-refractivity contribution in [2.75, 3.05) is 0 Å². The van der Waals surface area contributed by atoms with Crippen LogP contribution in [0.25, 0.3) is 0 Å². The summed E-state index contributed by atoms with van der Waals surface area (Å²) in [5.41, 5.74) is 3.03. The van der Waals surface area contributed by atoms with Crippen molar-refractivity contribution < 1.29 is 23.2 Å². The summed E-state index contributed by atoms with van der Waals surface area (Å²) in [7, 11) is -6.29. The van der Waals surface area contributed by atoms with Gasteiger partial charge in [-0.2, -0.15) is 0 Å². The molecule has 3 atom stereocenters. The Morgan fingerprint density at radius 3 is 1.56 bits per heavy atom. The molecule has 0 fully saturated rings. The van der Waals surface area contributed by atoms with E-state index in [-0.39, 0.29) is 33.4 Å². The maximum absolute atomic E-state index is 10.8. The lowest BCUT2D eigenvalue weighted by atomic mass is 10.0. The zero-order valence-electron chi connectivity index (χ0n) is 32.6. The molecule has 0 unspecified atom stereocenters. The standard InChI is InChI=1S/C37H70O5Si3/c1-28(25-30(3)23-24-34(38)39)21-20-22-29(2)26-32(41-44(16,17)36(8,9)10)33(42-45(18,19)37(11,12)13)27-31(4)40-43(14,15)35(5,6)7/h20-26,31-33H,27H2,1-19H3,(H,38,39)/t31-,32-,33-/m1/s1. The van der Waals surface area contributed by atoms with Crippen molar-refractivity contribution in [2.24, 2.45) is 0 Å². The first-order chi connectivity index (χ1) is 19.9. The minimum absolute atomic E-state index is 0.0335. The van der Waals surface area contributed by atoms with Crippen LogP contribution in [0.4, 0.5) is 0 Å². The zero-order valence-corrected chi connectivity index (χ0v) is 35.6. The summed E-state index contributed by atoms with van der Waals surface area (Å²) in [5, 5.41) is 9.12. The van der Waals surface area contributed by atoms with Gasteiger partial charge in [0.2, 0.25) is 0 Å². The third kappa shape index (κ3) is 15.4. The largest absolute Gasteiger partial charge is 0.478 e. The molecule has 0 bridgehead atoms. The molecule has 0 radical (unpaired) electrons. The van der Waals surface area contributed by atoms with Gasteiger partial charge in [0, 0.05) is 12.2 Å². The lowest BCUT2D eigenvalue weighted by Crippen LogP contribution is -2.52. The highest BCUT2D eigenvalue weighted by Crippen LogP contribution is 2.42. The Hall–Kier alpha value is -1.30. The number of hydrogen-bond donors (Lipinski definition) is 1. The van der Waals surface area contributed by atoms with E-state index in [1.54, 1.807) is 6.08 Å². The Morgan fingerprint density at radius 1 is 0.667 bits per heavy atom. The lowest BCUT2D eigenvalue weighted by molar-refractivity contribution is -0.131. The molecule has 0 aromatic carbocycles. The molecular weight excluding hydrogens is 609 g/mol. The second kappa shape index (κ2) is 16.7. The molecule has 0 aliphatic heterocycles. The fraction of sp³-hybridized carbons (Fsp3) is 0.703. The summed E-state index contributed by atoms with van der Waals surface area (Å²) in [6, 6.07) is 0. The molecule has 45 heavy (non-hydrogen) atoms. The third-order valence-corrected chi connectivity index (χ3v) is 23.4. The van der Waals surface area contributed by atoms with Gasteiger partial charge in [-0.05, 0) is 88.5 Å². The van der Waals surface area contributed by atoms with Crippen LogP contribution in [-0.2, 0) is 18.1 Å². The smallest absolute Gasteiger partial charge is 0.328 e. The minimum atomic E-state index is -2.16. The van der Waals surface area contributed by atoms with E-state index in [0.29, 0.717) is 0 Å². The number of rotatable bonds is 15. The molecule has 1 N–H and O–H groups in total. The number of carboxylic acid groups (broad SMARTS) is 1. The highest BCUT2D eigenvalue weighted by Gasteiger charge is 2.45. The van der Waals surface area contributed by atoms with Gasteiger partial charge in [-0.1, -0.05) is 115 Å². The van der Waals surface area contributed by atoms with Gasteiger partial charge in [0.15, 0.2) is 25.0 Å². The fourth-order valence-corrected chi connectivity index (χ4v) is 7.97. The number of aliphatic carboxylic acids is 1. The van der Waals surface area contributed by atoms with Crippen LogP contribution in [0.5, 0.6) is 0 Å². The molecule has 8 heteroatoms. The molecule has 0 aromatic rings. The van der Waals surface area contributed by atoms with Crippen molar-refractivity contribution in [3.05, 3.63) is 59.3 Å². The van der Waals surface area contributed by atoms with Gasteiger partial charge >= 0.3 is 5.97 Å². The quantitative estimate of drug-likeness (QED) is 0.106. The summed E-state index contributed by atoms with van der Waals surface area (Å²) in [4.78, 5) is 10.8. The van der Waals surface area contributed by atoms with Crippen LogP contribution in [0.3, 0.4) is 0 Å². The first kappa shape index (κ1) is 43.7. The molecule has 0 saturated heterocycles. The molecule has 0 saturated carbocycles. The average Bonchev–Trinajstić information content (AvgIpc) is 2.79. The predicted molar refractivity (Wildman–Crippen MR) is 204 cm³/mol. The molecule has 5 nitrogen and oxygen atoms in total.